The number of benzene rings is 2. The zero-order chi connectivity index (χ0) is 22.0. The van der Waals surface area contributed by atoms with Gasteiger partial charge in [-0.05, 0) is 36.9 Å². The van der Waals surface area contributed by atoms with Crippen molar-refractivity contribution < 1.29 is 22.4 Å². The van der Waals surface area contributed by atoms with Gasteiger partial charge < -0.3 is 14.5 Å². The maximum absolute atomic E-state index is 13.1. The van der Waals surface area contributed by atoms with E-state index >= 15 is 0 Å². The maximum atomic E-state index is 13.1. The van der Waals surface area contributed by atoms with Gasteiger partial charge in [-0.15, -0.1) is 0 Å². The van der Waals surface area contributed by atoms with Gasteiger partial charge in [-0.3, -0.25) is 4.79 Å². The standard InChI is InChI=1S/C22H24N2O5S2/c1-15-7-8-16(13-20(15)31(26,27)24-9-11-28-12-10-24)23-22(25)21-18(14-30-2)17-5-3-4-6-19(17)29-21/h3-8,13H,9-12,14H2,1-2H3,(H,23,25). The molecular formula is C22H24N2O5S2. The highest BCUT2D eigenvalue weighted by atomic mass is 32.2. The summed E-state index contributed by atoms with van der Waals surface area (Å²) in [5.41, 5.74) is 2.50. The molecule has 0 saturated carbocycles. The van der Waals surface area contributed by atoms with E-state index in [1.165, 1.54) is 10.4 Å². The minimum atomic E-state index is -3.68. The van der Waals surface area contributed by atoms with Gasteiger partial charge in [0.25, 0.3) is 5.91 Å². The number of nitrogens with one attached hydrogen (secondary N) is 1. The smallest absolute Gasteiger partial charge is 0.291 e. The fourth-order valence-corrected chi connectivity index (χ4v) is 5.87. The minimum Gasteiger partial charge on any atom is -0.451 e. The summed E-state index contributed by atoms with van der Waals surface area (Å²) in [4.78, 5) is 13.2. The topological polar surface area (TPSA) is 88.9 Å². The molecule has 31 heavy (non-hydrogen) atoms. The first-order chi connectivity index (χ1) is 14.9. The highest BCUT2D eigenvalue weighted by molar-refractivity contribution is 7.97. The average molecular weight is 461 g/mol. The molecule has 1 aliphatic heterocycles. The Morgan fingerprint density at radius 1 is 1.16 bits per heavy atom. The van der Waals surface area contributed by atoms with Crippen molar-refractivity contribution in [2.75, 3.05) is 37.9 Å². The van der Waals surface area contributed by atoms with Gasteiger partial charge in [-0.2, -0.15) is 16.1 Å². The van der Waals surface area contributed by atoms with Gasteiger partial charge in [-0.25, -0.2) is 8.42 Å². The number of aryl methyl sites for hydroxylation is 1. The highest BCUT2D eigenvalue weighted by Crippen LogP contribution is 2.30. The fourth-order valence-electron chi connectivity index (χ4n) is 3.64. The van der Waals surface area contributed by atoms with Crippen molar-refractivity contribution in [2.24, 2.45) is 0 Å². The van der Waals surface area contributed by atoms with Crippen LogP contribution in [0.3, 0.4) is 0 Å². The summed E-state index contributed by atoms with van der Waals surface area (Å²) in [6.07, 6.45) is 1.96. The summed E-state index contributed by atoms with van der Waals surface area (Å²) in [6.45, 7) is 3.12. The van der Waals surface area contributed by atoms with E-state index in [1.807, 2.05) is 30.5 Å². The summed E-state index contributed by atoms with van der Waals surface area (Å²) in [5, 5.41) is 3.72. The first-order valence-corrected chi connectivity index (χ1v) is 12.7. The number of para-hydroxylation sites is 1. The second-order valence-corrected chi connectivity index (χ2v) is 10.1. The molecule has 1 N–H and O–H groups in total. The molecule has 1 aromatic heterocycles. The predicted octanol–water partition coefficient (Wildman–Crippen LogP) is 3.88. The molecule has 7 nitrogen and oxygen atoms in total. The second kappa shape index (κ2) is 9.04. The van der Waals surface area contributed by atoms with Crippen molar-refractivity contribution in [2.45, 2.75) is 17.6 Å². The molecule has 4 rings (SSSR count). The van der Waals surface area contributed by atoms with Gasteiger partial charge in [0, 0.05) is 35.5 Å². The van der Waals surface area contributed by atoms with Crippen LogP contribution in [0.2, 0.25) is 0 Å². The number of sulfonamides is 1. The summed E-state index contributed by atoms with van der Waals surface area (Å²) < 4.78 is 38.7. The van der Waals surface area contributed by atoms with Crippen molar-refractivity contribution in [1.29, 1.82) is 0 Å². The van der Waals surface area contributed by atoms with Gasteiger partial charge in [0.05, 0.1) is 18.1 Å². The summed E-state index contributed by atoms with van der Waals surface area (Å²) >= 11 is 1.60. The number of amides is 1. The van der Waals surface area contributed by atoms with Crippen LogP contribution >= 0.6 is 11.8 Å². The number of ether oxygens (including phenoxy) is 1. The van der Waals surface area contributed by atoms with Crippen LogP contribution in [-0.2, 0) is 20.5 Å². The molecule has 3 aromatic rings. The number of furan rings is 1. The number of fused-ring (bicyclic) bond motifs is 1. The van der Waals surface area contributed by atoms with Crippen molar-refractivity contribution in [3.8, 4) is 0 Å². The Morgan fingerprint density at radius 2 is 1.90 bits per heavy atom. The van der Waals surface area contributed by atoms with Crippen molar-refractivity contribution >= 4 is 44.3 Å². The van der Waals surface area contributed by atoms with Crippen LogP contribution in [0, 0.1) is 6.92 Å². The summed E-state index contributed by atoms with van der Waals surface area (Å²) in [7, 11) is -3.68. The zero-order valence-corrected chi connectivity index (χ0v) is 19.0. The van der Waals surface area contributed by atoms with Gasteiger partial charge >= 0.3 is 0 Å². The lowest BCUT2D eigenvalue weighted by atomic mass is 10.1. The highest BCUT2D eigenvalue weighted by Gasteiger charge is 2.28. The van der Waals surface area contributed by atoms with Gasteiger partial charge in [0.2, 0.25) is 10.0 Å². The van der Waals surface area contributed by atoms with E-state index in [2.05, 4.69) is 5.32 Å². The largest absolute Gasteiger partial charge is 0.451 e. The number of carbonyl (C=O) groups is 1. The molecular weight excluding hydrogens is 436 g/mol. The number of rotatable bonds is 6. The molecule has 1 saturated heterocycles. The molecule has 1 aliphatic rings. The number of thioether (sulfide) groups is 1. The van der Waals surface area contributed by atoms with Crippen LogP contribution in [-0.4, -0.2) is 51.2 Å². The molecule has 164 valence electrons. The first-order valence-electron chi connectivity index (χ1n) is 9.91. The molecule has 9 heteroatoms. The van der Waals surface area contributed by atoms with Crippen LogP contribution in [0.15, 0.2) is 51.8 Å². The predicted molar refractivity (Wildman–Crippen MR) is 122 cm³/mol. The van der Waals surface area contributed by atoms with Gasteiger partial charge in [0.15, 0.2) is 5.76 Å². The third kappa shape index (κ3) is 4.36. The van der Waals surface area contributed by atoms with E-state index in [0.29, 0.717) is 48.9 Å². The lowest BCUT2D eigenvalue weighted by molar-refractivity contribution is 0.0730. The van der Waals surface area contributed by atoms with Gasteiger partial charge in [-0.1, -0.05) is 24.3 Å². The quantitative estimate of drug-likeness (QED) is 0.601. The molecule has 2 aromatic carbocycles. The molecule has 2 heterocycles. The van der Waals surface area contributed by atoms with E-state index in [0.717, 1.165) is 10.9 Å². The van der Waals surface area contributed by atoms with Crippen LogP contribution in [0.5, 0.6) is 0 Å². The third-order valence-electron chi connectivity index (χ3n) is 5.23. The molecule has 0 aliphatic carbocycles. The number of hydrogen-bond acceptors (Lipinski definition) is 6. The van der Waals surface area contributed by atoms with Gasteiger partial charge in [0.1, 0.15) is 5.58 Å². The summed E-state index contributed by atoms with van der Waals surface area (Å²) in [5.74, 6) is 0.470. The third-order valence-corrected chi connectivity index (χ3v) is 7.85. The molecule has 0 atom stereocenters. The average Bonchev–Trinajstić information content (AvgIpc) is 3.15. The Bertz CT molecular complexity index is 1210. The van der Waals surface area contributed by atoms with E-state index in [1.54, 1.807) is 30.8 Å². The van der Waals surface area contributed by atoms with Crippen molar-refractivity contribution in [3.05, 3.63) is 59.4 Å². The summed E-state index contributed by atoms with van der Waals surface area (Å²) in [6, 6.07) is 12.4. The number of hydrogen-bond donors (Lipinski definition) is 1. The molecule has 1 fully saturated rings. The Hall–Kier alpha value is -2.33. The molecule has 1 amide bonds. The van der Waals surface area contributed by atoms with Crippen LogP contribution in [0.1, 0.15) is 21.7 Å². The van der Waals surface area contributed by atoms with E-state index in [-0.39, 0.29) is 10.7 Å². The van der Waals surface area contributed by atoms with E-state index in [9.17, 15) is 13.2 Å². The SMILES string of the molecule is CSCc1c(C(=O)Nc2ccc(C)c(S(=O)(=O)N3CCOCC3)c2)oc2ccccc12. The number of anilines is 1. The molecule has 0 spiro atoms. The van der Waals surface area contributed by atoms with E-state index in [4.69, 9.17) is 9.15 Å². The lowest BCUT2D eigenvalue weighted by Gasteiger charge is -2.26. The Morgan fingerprint density at radius 3 is 2.65 bits per heavy atom. The second-order valence-electron chi connectivity index (χ2n) is 7.29. The van der Waals surface area contributed by atoms with Crippen molar-refractivity contribution in [3.63, 3.8) is 0 Å². The monoisotopic (exact) mass is 460 g/mol. The number of nitrogens with zero attached hydrogens (tertiary/aromatic N) is 1. The molecule has 0 radical (unpaired) electrons. The van der Waals surface area contributed by atoms with E-state index < -0.39 is 15.9 Å². The Labute approximate surface area is 185 Å². The van der Waals surface area contributed by atoms with Crippen LogP contribution in [0.4, 0.5) is 5.69 Å². The molecule has 0 bridgehead atoms. The zero-order valence-electron chi connectivity index (χ0n) is 17.4. The van der Waals surface area contributed by atoms with Crippen LogP contribution < -0.4 is 5.32 Å². The normalized spacial score (nSPS) is 15.3. The van der Waals surface area contributed by atoms with Crippen molar-refractivity contribution in [1.82, 2.24) is 4.31 Å². The van der Waals surface area contributed by atoms with Crippen LogP contribution in [0.25, 0.3) is 11.0 Å². The first kappa shape index (κ1) is 21.9. The molecule has 0 unspecified atom stereocenters. The maximum Gasteiger partial charge on any atom is 0.291 e. The number of morpholine rings is 1. The Balaban J connectivity index is 1.65. The lowest BCUT2D eigenvalue weighted by Crippen LogP contribution is -2.40. The Kier molecular flexibility index (Phi) is 6.38. The fraction of sp³-hybridized carbons (Fsp3) is 0.318. The number of carbonyl (C=O) groups excluding carboxylic acids is 1. The minimum absolute atomic E-state index is 0.182.